The summed E-state index contributed by atoms with van der Waals surface area (Å²) in [4.78, 5) is 35.1. The molecular weight excluding hydrogens is 334 g/mol. The first-order chi connectivity index (χ1) is 12.0. The number of hydrogen-bond acceptors (Lipinski definition) is 4. The summed E-state index contributed by atoms with van der Waals surface area (Å²) in [6, 6.07) is 7.57. The van der Waals surface area contributed by atoms with Gasteiger partial charge < -0.3 is 9.80 Å². The zero-order valence-corrected chi connectivity index (χ0v) is 15.5. The topological polar surface area (TPSA) is 53.5 Å². The van der Waals surface area contributed by atoms with Gasteiger partial charge in [0.1, 0.15) is 6.04 Å². The third-order valence-corrected chi connectivity index (χ3v) is 5.50. The van der Waals surface area contributed by atoms with Gasteiger partial charge in [-0.25, -0.2) is 0 Å². The third-order valence-electron chi connectivity index (χ3n) is 4.51. The Balaban J connectivity index is 1.79. The fourth-order valence-corrected chi connectivity index (χ4v) is 4.06. The van der Waals surface area contributed by atoms with Crippen LogP contribution in [0.4, 0.5) is 0 Å². The van der Waals surface area contributed by atoms with Crippen molar-refractivity contribution in [2.75, 3.05) is 6.54 Å². The molecule has 2 aromatic heterocycles. The molecule has 0 bridgehead atoms. The molecule has 1 atom stereocenters. The second-order valence-corrected chi connectivity index (χ2v) is 7.80. The van der Waals surface area contributed by atoms with E-state index < -0.39 is 6.04 Å². The molecule has 0 unspecified atom stereocenters. The molecule has 25 heavy (non-hydrogen) atoms. The number of nitrogens with zero attached hydrogens (tertiary/aromatic N) is 3. The summed E-state index contributed by atoms with van der Waals surface area (Å²) < 4.78 is 0. The molecule has 1 aliphatic heterocycles. The highest BCUT2D eigenvalue weighted by Gasteiger charge is 2.32. The fraction of sp³-hybridized carbons (Fsp3) is 0.421. The van der Waals surface area contributed by atoms with Crippen LogP contribution in [-0.2, 0) is 22.7 Å². The summed E-state index contributed by atoms with van der Waals surface area (Å²) in [7, 11) is 0. The second kappa shape index (κ2) is 7.78. The SMILES string of the molecule is Cc1ccc(CN(Cc2ccncc2)C(=O)[C@H](C)N2CCCC2=O)s1. The van der Waals surface area contributed by atoms with Crippen LogP contribution in [0.5, 0.6) is 0 Å². The van der Waals surface area contributed by atoms with Crippen molar-refractivity contribution in [3.63, 3.8) is 0 Å². The summed E-state index contributed by atoms with van der Waals surface area (Å²) in [5.41, 5.74) is 1.04. The van der Waals surface area contributed by atoms with Crippen molar-refractivity contribution >= 4 is 23.2 Å². The number of rotatable bonds is 6. The maximum atomic E-state index is 13.1. The van der Waals surface area contributed by atoms with Gasteiger partial charge in [0.05, 0.1) is 6.54 Å². The Morgan fingerprint density at radius 1 is 1.28 bits per heavy atom. The van der Waals surface area contributed by atoms with E-state index in [1.807, 2.05) is 24.0 Å². The number of carbonyl (C=O) groups excluding carboxylic acids is 2. The first kappa shape index (κ1) is 17.6. The zero-order valence-electron chi connectivity index (χ0n) is 14.6. The highest BCUT2D eigenvalue weighted by atomic mass is 32.1. The summed E-state index contributed by atoms with van der Waals surface area (Å²) in [5.74, 6) is 0.0785. The highest BCUT2D eigenvalue weighted by Crippen LogP contribution is 2.21. The number of aromatic nitrogens is 1. The van der Waals surface area contributed by atoms with Crippen molar-refractivity contribution in [3.05, 3.63) is 52.0 Å². The Hall–Kier alpha value is -2.21. The highest BCUT2D eigenvalue weighted by molar-refractivity contribution is 7.11. The Bertz CT molecular complexity index is 744. The second-order valence-electron chi connectivity index (χ2n) is 6.43. The van der Waals surface area contributed by atoms with Crippen molar-refractivity contribution in [2.24, 2.45) is 0 Å². The summed E-state index contributed by atoms with van der Waals surface area (Å²) in [6.07, 6.45) is 4.86. The van der Waals surface area contributed by atoms with E-state index in [4.69, 9.17) is 0 Å². The molecule has 3 heterocycles. The van der Waals surface area contributed by atoms with Gasteiger partial charge in [0.15, 0.2) is 0 Å². The Morgan fingerprint density at radius 3 is 2.64 bits per heavy atom. The molecule has 1 saturated heterocycles. The standard InChI is InChI=1S/C19H23N3O2S/c1-14-5-6-17(25-14)13-21(12-16-7-9-20-10-8-16)19(24)15(2)22-11-3-4-18(22)23/h5-10,15H,3-4,11-13H2,1-2H3/t15-/m0/s1. The van der Waals surface area contributed by atoms with Crippen LogP contribution in [0.2, 0.25) is 0 Å². The quantitative estimate of drug-likeness (QED) is 0.799. The first-order valence-corrected chi connectivity index (χ1v) is 9.38. The molecule has 6 heteroatoms. The van der Waals surface area contributed by atoms with E-state index in [2.05, 4.69) is 24.0 Å². The van der Waals surface area contributed by atoms with Gasteiger partial charge in [0.2, 0.25) is 11.8 Å². The molecular formula is C19H23N3O2S. The molecule has 2 aromatic rings. The molecule has 3 rings (SSSR count). The van der Waals surface area contributed by atoms with E-state index in [0.29, 0.717) is 26.1 Å². The minimum atomic E-state index is -0.419. The number of pyridine rings is 1. The van der Waals surface area contributed by atoms with Gasteiger partial charge in [0, 0.05) is 41.7 Å². The van der Waals surface area contributed by atoms with E-state index in [0.717, 1.165) is 16.9 Å². The van der Waals surface area contributed by atoms with Crippen molar-refractivity contribution < 1.29 is 9.59 Å². The fourth-order valence-electron chi connectivity index (χ4n) is 3.15. The van der Waals surface area contributed by atoms with Crippen molar-refractivity contribution in [2.45, 2.75) is 45.8 Å². The number of aryl methyl sites for hydroxylation is 1. The molecule has 0 aromatic carbocycles. The number of likely N-dealkylation sites (tertiary alicyclic amines) is 1. The molecule has 5 nitrogen and oxygen atoms in total. The molecule has 0 aliphatic carbocycles. The van der Waals surface area contributed by atoms with Crippen LogP contribution in [0.3, 0.4) is 0 Å². The maximum absolute atomic E-state index is 13.1. The Kier molecular flexibility index (Phi) is 5.48. The Morgan fingerprint density at radius 2 is 2.04 bits per heavy atom. The smallest absolute Gasteiger partial charge is 0.245 e. The number of carbonyl (C=O) groups is 2. The predicted octanol–water partition coefficient (Wildman–Crippen LogP) is 2.99. The lowest BCUT2D eigenvalue weighted by Gasteiger charge is -2.30. The van der Waals surface area contributed by atoms with Gasteiger partial charge in [-0.15, -0.1) is 11.3 Å². The maximum Gasteiger partial charge on any atom is 0.245 e. The molecule has 132 valence electrons. The molecule has 1 fully saturated rings. The first-order valence-electron chi connectivity index (χ1n) is 8.57. The van der Waals surface area contributed by atoms with Crippen molar-refractivity contribution in [3.8, 4) is 0 Å². The normalized spacial score (nSPS) is 15.4. The Labute approximate surface area is 152 Å². The van der Waals surface area contributed by atoms with E-state index in [1.165, 1.54) is 4.88 Å². The van der Waals surface area contributed by atoms with Gasteiger partial charge in [-0.2, -0.15) is 0 Å². The van der Waals surface area contributed by atoms with Gasteiger partial charge in [-0.3, -0.25) is 14.6 Å². The van der Waals surface area contributed by atoms with Gasteiger partial charge >= 0.3 is 0 Å². The lowest BCUT2D eigenvalue weighted by molar-refractivity contribution is -0.143. The van der Waals surface area contributed by atoms with Crippen LogP contribution < -0.4 is 0 Å². The van der Waals surface area contributed by atoms with Crippen molar-refractivity contribution in [1.82, 2.24) is 14.8 Å². The predicted molar refractivity (Wildman–Crippen MR) is 98.0 cm³/mol. The average Bonchev–Trinajstić information content (AvgIpc) is 3.22. The van der Waals surface area contributed by atoms with E-state index in [-0.39, 0.29) is 11.8 Å². The number of amides is 2. The van der Waals surface area contributed by atoms with Crippen LogP contribution >= 0.6 is 11.3 Å². The van der Waals surface area contributed by atoms with Crippen LogP contribution in [0.15, 0.2) is 36.7 Å². The van der Waals surface area contributed by atoms with Gasteiger partial charge in [0.25, 0.3) is 0 Å². The largest absolute Gasteiger partial charge is 0.331 e. The minimum absolute atomic E-state index is 0.00175. The van der Waals surface area contributed by atoms with Crippen LogP contribution in [0.25, 0.3) is 0 Å². The molecule has 1 aliphatic rings. The molecule has 2 amide bonds. The van der Waals surface area contributed by atoms with Gasteiger partial charge in [-0.05, 0) is 50.1 Å². The summed E-state index contributed by atoms with van der Waals surface area (Å²) in [6.45, 7) is 5.66. The van der Waals surface area contributed by atoms with Gasteiger partial charge in [-0.1, -0.05) is 0 Å². The van der Waals surface area contributed by atoms with Crippen LogP contribution in [0.1, 0.15) is 35.1 Å². The zero-order chi connectivity index (χ0) is 17.8. The number of hydrogen-bond donors (Lipinski definition) is 0. The summed E-state index contributed by atoms with van der Waals surface area (Å²) >= 11 is 1.70. The van der Waals surface area contributed by atoms with Crippen LogP contribution in [-0.4, -0.2) is 39.2 Å². The lowest BCUT2D eigenvalue weighted by atomic mass is 10.2. The van der Waals surface area contributed by atoms with E-state index in [9.17, 15) is 9.59 Å². The lowest BCUT2D eigenvalue weighted by Crippen LogP contribution is -2.47. The third kappa shape index (κ3) is 4.25. The van der Waals surface area contributed by atoms with E-state index in [1.54, 1.807) is 28.6 Å². The molecule has 0 saturated carbocycles. The average molecular weight is 357 g/mol. The van der Waals surface area contributed by atoms with Crippen LogP contribution in [0, 0.1) is 6.92 Å². The molecule has 0 N–H and O–H groups in total. The monoisotopic (exact) mass is 357 g/mol. The minimum Gasteiger partial charge on any atom is -0.331 e. The molecule has 0 radical (unpaired) electrons. The number of thiophene rings is 1. The van der Waals surface area contributed by atoms with E-state index >= 15 is 0 Å². The van der Waals surface area contributed by atoms with Crippen molar-refractivity contribution in [1.29, 1.82) is 0 Å². The molecule has 0 spiro atoms. The summed E-state index contributed by atoms with van der Waals surface area (Å²) in [5, 5.41) is 0.